The molecule has 11 heteroatoms. The number of amides is 1. The van der Waals surface area contributed by atoms with Gasteiger partial charge in [-0.2, -0.15) is 9.67 Å². The van der Waals surface area contributed by atoms with Gasteiger partial charge in [-0.1, -0.05) is 0 Å². The number of benzene rings is 1. The molecule has 0 bridgehead atoms. The molecule has 10 nitrogen and oxygen atoms in total. The Labute approximate surface area is 113 Å². The van der Waals surface area contributed by atoms with Crippen molar-refractivity contribution in [1.82, 2.24) is 20.2 Å². The number of sulfonamides is 1. The monoisotopic (exact) mass is 297 g/mol. The van der Waals surface area contributed by atoms with Gasteiger partial charge in [-0.3, -0.25) is 10.2 Å². The van der Waals surface area contributed by atoms with E-state index in [1.807, 2.05) is 5.43 Å². The van der Waals surface area contributed by atoms with Crippen LogP contribution in [-0.4, -0.2) is 29.1 Å². The third kappa shape index (κ3) is 2.59. The van der Waals surface area contributed by atoms with E-state index in [9.17, 15) is 13.2 Å². The summed E-state index contributed by atoms with van der Waals surface area (Å²) >= 11 is 0. The molecule has 0 saturated carbocycles. The van der Waals surface area contributed by atoms with Crippen LogP contribution in [0.3, 0.4) is 0 Å². The van der Waals surface area contributed by atoms with Gasteiger partial charge in [-0.05, 0) is 24.3 Å². The van der Waals surface area contributed by atoms with Gasteiger partial charge in [-0.15, -0.1) is 5.10 Å². The maximum atomic E-state index is 11.3. The summed E-state index contributed by atoms with van der Waals surface area (Å²) in [6, 6.07) is 5.42. The number of nitrogens with one attached hydrogen (secondary N) is 1. The van der Waals surface area contributed by atoms with Gasteiger partial charge in [0.25, 0.3) is 0 Å². The third-order valence-electron chi connectivity index (χ3n) is 2.38. The van der Waals surface area contributed by atoms with Crippen LogP contribution in [0, 0.1) is 0 Å². The predicted molar refractivity (Wildman–Crippen MR) is 68.8 cm³/mol. The number of hydrogen-bond acceptors (Lipinski definition) is 7. The largest absolute Gasteiger partial charge is 0.368 e. The Balaban J connectivity index is 2.42. The maximum absolute atomic E-state index is 11.3. The minimum Gasteiger partial charge on any atom is -0.368 e. The smallest absolute Gasteiger partial charge is 0.304 e. The predicted octanol–water partition coefficient (Wildman–Crippen LogP) is -1.90. The van der Waals surface area contributed by atoms with E-state index in [0.29, 0.717) is 5.69 Å². The number of primary sulfonamides is 1. The lowest BCUT2D eigenvalue weighted by molar-refractivity contribution is 0.0943. The minimum atomic E-state index is -3.78. The van der Waals surface area contributed by atoms with Crippen molar-refractivity contribution in [3.05, 3.63) is 30.1 Å². The zero-order chi connectivity index (χ0) is 14.9. The van der Waals surface area contributed by atoms with Gasteiger partial charge in [0.15, 0.2) is 0 Å². The Morgan fingerprint density at radius 2 is 1.85 bits per heavy atom. The van der Waals surface area contributed by atoms with Crippen LogP contribution >= 0.6 is 0 Å². The number of hydrogen-bond donors (Lipinski definition) is 4. The van der Waals surface area contributed by atoms with Crippen LogP contribution in [0.25, 0.3) is 5.69 Å². The highest BCUT2D eigenvalue weighted by atomic mass is 32.2. The van der Waals surface area contributed by atoms with Crippen molar-refractivity contribution < 1.29 is 13.2 Å². The molecular formula is C9H11N7O3S. The molecule has 0 unspecified atom stereocenters. The molecule has 0 aliphatic carbocycles. The van der Waals surface area contributed by atoms with E-state index in [-0.39, 0.29) is 16.7 Å². The molecule has 0 aliphatic rings. The summed E-state index contributed by atoms with van der Waals surface area (Å²) in [4.78, 5) is 14.9. The van der Waals surface area contributed by atoms with Crippen LogP contribution in [0.15, 0.2) is 29.2 Å². The number of carbonyl (C=O) groups is 1. The van der Waals surface area contributed by atoms with Crippen molar-refractivity contribution in [1.29, 1.82) is 0 Å². The summed E-state index contributed by atoms with van der Waals surface area (Å²) in [7, 11) is -3.78. The Bertz CT molecular complexity index is 750. The molecule has 20 heavy (non-hydrogen) atoms. The fourth-order valence-electron chi connectivity index (χ4n) is 1.45. The zero-order valence-corrected chi connectivity index (χ0v) is 10.8. The topological polar surface area (TPSA) is 172 Å². The van der Waals surface area contributed by atoms with E-state index in [1.54, 1.807) is 0 Å². The van der Waals surface area contributed by atoms with Crippen LogP contribution in [0.2, 0.25) is 0 Å². The fourth-order valence-corrected chi connectivity index (χ4v) is 1.97. The Morgan fingerprint density at radius 1 is 1.25 bits per heavy atom. The molecule has 2 rings (SSSR count). The second-order valence-corrected chi connectivity index (χ2v) is 5.28. The average molecular weight is 297 g/mol. The molecule has 0 fully saturated rings. The van der Waals surface area contributed by atoms with E-state index >= 15 is 0 Å². The average Bonchev–Trinajstić information content (AvgIpc) is 2.79. The number of rotatable bonds is 3. The minimum absolute atomic E-state index is 0.0491. The molecule has 2 aromatic rings. The van der Waals surface area contributed by atoms with Crippen LogP contribution in [0.1, 0.15) is 10.6 Å². The van der Waals surface area contributed by atoms with Crippen molar-refractivity contribution >= 4 is 21.9 Å². The van der Waals surface area contributed by atoms with E-state index in [2.05, 4.69) is 10.1 Å². The van der Waals surface area contributed by atoms with Crippen LogP contribution in [0.4, 0.5) is 5.95 Å². The fraction of sp³-hybridized carbons (Fsp3) is 0. The number of nitrogens with zero attached hydrogens (tertiary/aromatic N) is 3. The van der Waals surface area contributed by atoms with Crippen molar-refractivity contribution in [2.45, 2.75) is 4.90 Å². The summed E-state index contributed by atoms with van der Waals surface area (Å²) in [5, 5.41) is 8.83. The first-order valence-electron chi connectivity index (χ1n) is 5.19. The highest BCUT2D eigenvalue weighted by molar-refractivity contribution is 7.89. The first kappa shape index (κ1) is 13.9. The first-order chi connectivity index (χ1) is 9.32. The second kappa shape index (κ2) is 4.88. The molecule has 0 aliphatic heterocycles. The first-order valence-corrected chi connectivity index (χ1v) is 6.74. The molecular weight excluding hydrogens is 286 g/mol. The summed E-state index contributed by atoms with van der Waals surface area (Å²) in [5.41, 5.74) is 7.90. The van der Waals surface area contributed by atoms with Gasteiger partial charge in [0.2, 0.25) is 21.8 Å². The van der Waals surface area contributed by atoms with Crippen molar-refractivity contribution in [2.24, 2.45) is 11.0 Å². The Kier molecular flexibility index (Phi) is 3.40. The number of carbonyl (C=O) groups excluding carboxylic acids is 1. The van der Waals surface area contributed by atoms with Gasteiger partial charge in [-0.25, -0.2) is 19.4 Å². The van der Waals surface area contributed by atoms with Gasteiger partial charge < -0.3 is 5.73 Å². The summed E-state index contributed by atoms with van der Waals surface area (Å²) in [6.07, 6.45) is 0. The van der Waals surface area contributed by atoms with E-state index in [0.717, 1.165) is 4.68 Å². The SMILES string of the molecule is NNC(=O)c1nc(N)n(-c2ccc(S(N)(=O)=O)cc2)n1. The lowest BCUT2D eigenvalue weighted by Gasteiger charge is -2.03. The molecule has 0 spiro atoms. The quantitative estimate of drug-likeness (QED) is 0.291. The van der Waals surface area contributed by atoms with Crippen LogP contribution < -0.4 is 22.1 Å². The second-order valence-electron chi connectivity index (χ2n) is 3.72. The van der Waals surface area contributed by atoms with E-state index in [1.165, 1.54) is 24.3 Å². The molecule has 1 amide bonds. The lowest BCUT2D eigenvalue weighted by Crippen LogP contribution is -2.31. The molecule has 7 N–H and O–H groups in total. The van der Waals surface area contributed by atoms with Gasteiger partial charge in [0, 0.05) is 0 Å². The summed E-state index contributed by atoms with van der Waals surface area (Å²) in [6.45, 7) is 0. The van der Waals surface area contributed by atoms with Gasteiger partial charge >= 0.3 is 5.91 Å². The Hall–Kier alpha value is -2.50. The maximum Gasteiger partial charge on any atom is 0.304 e. The number of nitrogen functional groups attached to an aromatic ring is 2. The molecule has 0 radical (unpaired) electrons. The number of nitrogens with two attached hydrogens (primary N) is 3. The van der Waals surface area contributed by atoms with Gasteiger partial charge in [0.05, 0.1) is 10.6 Å². The van der Waals surface area contributed by atoms with Crippen LogP contribution in [-0.2, 0) is 10.0 Å². The third-order valence-corrected chi connectivity index (χ3v) is 3.31. The van der Waals surface area contributed by atoms with Crippen molar-refractivity contribution in [3.8, 4) is 5.69 Å². The molecule has 1 heterocycles. The summed E-state index contributed by atoms with van der Waals surface area (Å²) in [5.74, 6) is 4.01. The molecule has 0 saturated heterocycles. The van der Waals surface area contributed by atoms with Crippen LogP contribution in [0.5, 0.6) is 0 Å². The lowest BCUT2D eigenvalue weighted by atomic mass is 10.3. The molecule has 106 valence electrons. The number of aromatic nitrogens is 3. The number of hydrazine groups is 1. The zero-order valence-electron chi connectivity index (χ0n) is 10.0. The normalized spacial score (nSPS) is 11.3. The van der Waals surface area contributed by atoms with E-state index < -0.39 is 15.9 Å². The Morgan fingerprint density at radius 3 is 2.35 bits per heavy atom. The van der Waals surface area contributed by atoms with Crippen molar-refractivity contribution in [2.75, 3.05) is 5.73 Å². The van der Waals surface area contributed by atoms with E-state index in [4.69, 9.17) is 16.7 Å². The highest BCUT2D eigenvalue weighted by Gasteiger charge is 2.15. The molecule has 0 atom stereocenters. The van der Waals surface area contributed by atoms with Gasteiger partial charge in [0.1, 0.15) is 0 Å². The summed E-state index contributed by atoms with van der Waals surface area (Å²) < 4.78 is 23.4. The number of anilines is 1. The molecule has 1 aromatic carbocycles. The highest BCUT2D eigenvalue weighted by Crippen LogP contribution is 2.14. The standard InChI is InChI=1S/C9H11N7O3S/c10-9-13-7(8(17)14-11)15-16(9)5-1-3-6(4-2-5)20(12,18)19/h1-4H,11H2,(H,14,17)(H2,10,13,15)(H2,12,18,19). The molecule has 1 aromatic heterocycles. The van der Waals surface area contributed by atoms with Crippen molar-refractivity contribution in [3.63, 3.8) is 0 Å².